The quantitative estimate of drug-likeness (QED) is 0.242. The molecule has 5 nitrogen and oxygen atoms in total. The van der Waals surface area contributed by atoms with Crippen molar-refractivity contribution in [1.82, 2.24) is 5.32 Å². The third-order valence-corrected chi connectivity index (χ3v) is 6.80. The van der Waals surface area contributed by atoms with Crippen LogP contribution in [0.5, 0.6) is 0 Å². The molecule has 0 amide bonds. The molecule has 186 valence electrons. The molecule has 34 heavy (non-hydrogen) atoms. The van der Waals surface area contributed by atoms with E-state index in [-0.39, 0.29) is 37.1 Å². The molecule has 2 aromatic carbocycles. The maximum Gasteiger partial charge on any atom is 0.321 e. The molecule has 0 saturated heterocycles. The summed E-state index contributed by atoms with van der Waals surface area (Å²) in [5, 5.41) is 21.9. The van der Waals surface area contributed by atoms with Crippen molar-refractivity contribution in [1.29, 1.82) is 0 Å². The van der Waals surface area contributed by atoms with Crippen LogP contribution in [0.1, 0.15) is 69.4 Å². The lowest BCUT2D eigenvalue weighted by Crippen LogP contribution is -2.39. The predicted octanol–water partition coefficient (Wildman–Crippen LogP) is 6.23. The second-order valence-electron chi connectivity index (χ2n) is 9.19. The molecule has 1 fully saturated rings. The Morgan fingerprint density at radius 2 is 1.65 bits per heavy atom. The molecule has 3 rings (SSSR count). The van der Waals surface area contributed by atoms with Gasteiger partial charge in [0.25, 0.3) is 0 Å². The Hall–Kier alpha value is -2.44. The van der Waals surface area contributed by atoms with E-state index in [0.29, 0.717) is 18.5 Å². The number of hydrogen-bond donors (Lipinski definition) is 3. The number of carboxylic acid groups (broad SMARTS) is 2. The van der Waals surface area contributed by atoms with Crippen molar-refractivity contribution in [2.45, 2.75) is 77.3 Å². The lowest BCUT2D eigenvalue weighted by molar-refractivity contribution is -0.164. The Labute approximate surface area is 207 Å². The number of aliphatic carboxylic acids is 2. The fourth-order valence-electron chi connectivity index (χ4n) is 4.65. The minimum Gasteiger partial charge on any atom is -0.480 e. The third-order valence-electron chi connectivity index (χ3n) is 6.80. The molecule has 1 atom stereocenters. The second-order valence-corrected chi connectivity index (χ2v) is 9.19. The largest absolute Gasteiger partial charge is 0.480 e. The number of aryl methyl sites for hydroxylation is 1. The molecular weight excluding hydrogens is 457 g/mol. The van der Waals surface area contributed by atoms with E-state index in [2.05, 4.69) is 24.4 Å². The molecule has 1 unspecified atom stereocenters. The molecular formula is C27H35ClFNO4. The summed E-state index contributed by atoms with van der Waals surface area (Å²) in [4.78, 5) is 22.9. The fraction of sp³-hybridized carbons (Fsp3) is 0.481. The van der Waals surface area contributed by atoms with Crippen LogP contribution in [-0.2, 0) is 22.6 Å². The van der Waals surface area contributed by atoms with Gasteiger partial charge in [0.1, 0.15) is 5.82 Å². The SMILES string of the molecule is CCCCCCCc1ccc(-c2ccc(CNC3CCC(C(=O)O)(C(=O)O)C3)cc2F)cc1.Cl. The summed E-state index contributed by atoms with van der Waals surface area (Å²) in [5.41, 5.74) is 1.67. The average molecular weight is 492 g/mol. The van der Waals surface area contributed by atoms with Crippen molar-refractivity contribution < 1.29 is 24.2 Å². The first-order valence-corrected chi connectivity index (χ1v) is 11.9. The van der Waals surface area contributed by atoms with Gasteiger partial charge >= 0.3 is 11.9 Å². The molecule has 1 aliphatic carbocycles. The summed E-state index contributed by atoms with van der Waals surface area (Å²) < 4.78 is 14.8. The van der Waals surface area contributed by atoms with Gasteiger partial charge in [-0.2, -0.15) is 0 Å². The Morgan fingerprint density at radius 3 is 2.24 bits per heavy atom. The van der Waals surface area contributed by atoms with Gasteiger partial charge in [0, 0.05) is 18.2 Å². The Kier molecular flexibility index (Phi) is 10.5. The zero-order valence-corrected chi connectivity index (χ0v) is 20.5. The normalized spacial score (nSPS) is 16.7. The van der Waals surface area contributed by atoms with Crippen LogP contribution in [0.2, 0.25) is 0 Å². The van der Waals surface area contributed by atoms with E-state index in [0.717, 1.165) is 17.5 Å². The first kappa shape index (κ1) is 27.8. The van der Waals surface area contributed by atoms with Crippen LogP contribution < -0.4 is 5.32 Å². The molecule has 0 radical (unpaired) electrons. The van der Waals surface area contributed by atoms with Crippen LogP contribution in [0.4, 0.5) is 4.39 Å². The van der Waals surface area contributed by atoms with Gasteiger partial charge in [-0.25, -0.2) is 4.39 Å². The highest BCUT2D eigenvalue weighted by atomic mass is 35.5. The molecule has 7 heteroatoms. The summed E-state index contributed by atoms with van der Waals surface area (Å²) in [6.45, 7) is 2.57. The molecule has 1 aliphatic rings. The second kappa shape index (κ2) is 12.9. The lowest BCUT2D eigenvalue weighted by atomic mass is 9.86. The average Bonchev–Trinajstić information content (AvgIpc) is 3.24. The van der Waals surface area contributed by atoms with E-state index in [4.69, 9.17) is 0 Å². The minimum atomic E-state index is -1.73. The smallest absolute Gasteiger partial charge is 0.321 e. The number of benzene rings is 2. The first-order chi connectivity index (χ1) is 15.9. The molecule has 0 aliphatic heterocycles. The third kappa shape index (κ3) is 6.80. The highest BCUT2D eigenvalue weighted by Gasteiger charge is 2.51. The fourth-order valence-corrected chi connectivity index (χ4v) is 4.65. The van der Waals surface area contributed by atoms with E-state index >= 15 is 0 Å². The van der Waals surface area contributed by atoms with Crippen LogP contribution in [0.25, 0.3) is 11.1 Å². The van der Waals surface area contributed by atoms with Crippen LogP contribution in [-0.4, -0.2) is 28.2 Å². The van der Waals surface area contributed by atoms with Crippen molar-refractivity contribution >= 4 is 24.3 Å². The molecule has 0 aromatic heterocycles. The van der Waals surface area contributed by atoms with E-state index in [1.807, 2.05) is 18.2 Å². The topological polar surface area (TPSA) is 86.6 Å². The van der Waals surface area contributed by atoms with Crippen LogP contribution in [0.15, 0.2) is 42.5 Å². The van der Waals surface area contributed by atoms with Gasteiger partial charge < -0.3 is 15.5 Å². The Balaban J connectivity index is 0.00000408. The Bertz CT molecular complexity index is 950. The van der Waals surface area contributed by atoms with Gasteiger partial charge in [0.15, 0.2) is 5.41 Å². The maximum atomic E-state index is 14.8. The monoisotopic (exact) mass is 491 g/mol. The summed E-state index contributed by atoms with van der Waals surface area (Å²) >= 11 is 0. The highest BCUT2D eigenvalue weighted by Crippen LogP contribution is 2.39. The number of carboxylic acids is 2. The number of rotatable bonds is 12. The highest BCUT2D eigenvalue weighted by molar-refractivity contribution is 5.98. The lowest BCUT2D eigenvalue weighted by Gasteiger charge is -2.19. The first-order valence-electron chi connectivity index (χ1n) is 11.9. The number of nitrogens with one attached hydrogen (secondary N) is 1. The standard InChI is InChI=1S/C27H34FNO4.ClH/c1-2-3-4-5-6-7-19-8-11-21(12-9-19)23-13-10-20(16-24(23)28)18-29-22-14-15-27(17-22,25(30)31)26(32)33;/h8-13,16,22,29H,2-7,14-15,17-18H2,1H3,(H,30,31)(H,32,33);1H. The minimum absolute atomic E-state index is 0. The number of halogens is 2. The van der Waals surface area contributed by atoms with Crippen molar-refractivity contribution in [3.05, 3.63) is 59.4 Å². The molecule has 0 bridgehead atoms. The zero-order valence-electron chi connectivity index (χ0n) is 19.7. The van der Waals surface area contributed by atoms with Gasteiger partial charge in [0.2, 0.25) is 0 Å². The number of hydrogen-bond acceptors (Lipinski definition) is 3. The van der Waals surface area contributed by atoms with E-state index in [1.165, 1.54) is 43.7 Å². The van der Waals surface area contributed by atoms with E-state index < -0.39 is 17.4 Å². The maximum absolute atomic E-state index is 14.8. The van der Waals surface area contributed by atoms with Crippen molar-refractivity contribution in [3.8, 4) is 11.1 Å². The molecule has 1 saturated carbocycles. The van der Waals surface area contributed by atoms with Crippen LogP contribution in [0.3, 0.4) is 0 Å². The molecule has 0 heterocycles. The summed E-state index contributed by atoms with van der Waals surface area (Å²) in [5.74, 6) is -2.90. The van der Waals surface area contributed by atoms with Gasteiger partial charge in [-0.1, -0.05) is 69.0 Å². The van der Waals surface area contributed by atoms with Crippen LogP contribution in [0, 0.1) is 11.2 Å². The molecule has 0 spiro atoms. The zero-order chi connectivity index (χ0) is 23.8. The number of unbranched alkanes of at least 4 members (excludes halogenated alkanes) is 4. The van der Waals surface area contributed by atoms with Crippen LogP contribution >= 0.6 is 12.4 Å². The molecule has 2 aromatic rings. The molecule has 3 N–H and O–H groups in total. The van der Waals surface area contributed by atoms with Gasteiger partial charge in [-0.3, -0.25) is 9.59 Å². The predicted molar refractivity (Wildman–Crippen MR) is 134 cm³/mol. The van der Waals surface area contributed by atoms with Gasteiger partial charge in [0.05, 0.1) is 0 Å². The summed E-state index contributed by atoms with van der Waals surface area (Å²) in [6.07, 6.45) is 7.86. The van der Waals surface area contributed by atoms with Crippen molar-refractivity contribution in [3.63, 3.8) is 0 Å². The van der Waals surface area contributed by atoms with Crippen molar-refractivity contribution in [2.75, 3.05) is 0 Å². The van der Waals surface area contributed by atoms with E-state index in [1.54, 1.807) is 6.07 Å². The van der Waals surface area contributed by atoms with E-state index in [9.17, 15) is 24.2 Å². The number of carbonyl (C=O) groups is 2. The van der Waals surface area contributed by atoms with Crippen molar-refractivity contribution in [2.24, 2.45) is 5.41 Å². The van der Waals surface area contributed by atoms with Gasteiger partial charge in [-0.15, -0.1) is 12.4 Å². The van der Waals surface area contributed by atoms with Gasteiger partial charge in [-0.05, 0) is 54.9 Å². The summed E-state index contributed by atoms with van der Waals surface area (Å²) in [6, 6.07) is 12.9. The Morgan fingerprint density at radius 1 is 1.00 bits per heavy atom. The summed E-state index contributed by atoms with van der Waals surface area (Å²) in [7, 11) is 0.